The van der Waals surface area contributed by atoms with E-state index in [0.29, 0.717) is 5.92 Å². The summed E-state index contributed by atoms with van der Waals surface area (Å²) >= 11 is 0. The van der Waals surface area contributed by atoms with Gasteiger partial charge in [0.05, 0.1) is 0 Å². The molecule has 1 fully saturated rings. The predicted molar refractivity (Wildman–Crippen MR) is 72.8 cm³/mol. The summed E-state index contributed by atoms with van der Waals surface area (Å²) in [7, 11) is 0. The fraction of sp³-hybridized carbons (Fsp3) is 0.600. The normalized spacial score (nSPS) is 18.2. The fourth-order valence-corrected chi connectivity index (χ4v) is 2.27. The topological polar surface area (TPSA) is 55.5 Å². The van der Waals surface area contributed by atoms with Crippen LogP contribution in [0, 0.1) is 5.92 Å². The van der Waals surface area contributed by atoms with Gasteiger partial charge in [-0.05, 0) is 57.7 Å². The Morgan fingerprint density at radius 1 is 1.33 bits per heavy atom. The fourth-order valence-electron chi connectivity index (χ4n) is 2.27. The van der Waals surface area contributed by atoms with Crippen LogP contribution in [0.3, 0.4) is 0 Å². The molecule has 0 spiro atoms. The summed E-state index contributed by atoms with van der Waals surface area (Å²) < 4.78 is 5.81. The Labute approximate surface area is 109 Å². The van der Waals surface area contributed by atoms with Crippen LogP contribution >= 0.6 is 0 Å². The smallest absolute Gasteiger partial charge is 0.120 e. The van der Waals surface area contributed by atoms with Crippen LogP contribution in [-0.2, 0) is 0 Å². The van der Waals surface area contributed by atoms with Gasteiger partial charge in [0.25, 0.3) is 0 Å². The molecule has 1 atom stereocenters. The predicted octanol–water partition coefficient (Wildman–Crippen LogP) is 3.37. The van der Waals surface area contributed by atoms with Crippen LogP contribution < -0.4 is 10.5 Å². The maximum absolute atomic E-state index is 9.94. The molecule has 0 radical (unpaired) electrons. The van der Waals surface area contributed by atoms with Crippen molar-refractivity contribution in [2.24, 2.45) is 11.7 Å². The van der Waals surface area contributed by atoms with Crippen molar-refractivity contribution in [2.45, 2.75) is 51.7 Å². The van der Waals surface area contributed by atoms with Crippen molar-refractivity contribution in [1.29, 1.82) is 0 Å². The molecule has 0 aliphatic heterocycles. The van der Waals surface area contributed by atoms with Crippen LogP contribution in [0.4, 0.5) is 0 Å². The third kappa shape index (κ3) is 2.96. The number of ether oxygens (including phenoxy) is 1. The molecule has 0 bridgehead atoms. The first-order chi connectivity index (χ1) is 8.37. The molecule has 0 aromatic heterocycles. The second-order valence-electron chi connectivity index (χ2n) is 6.15. The molecular formula is C15H23NO2. The Balaban J connectivity index is 2.20. The molecular weight excluding hydrogens is 226 g/mol. The molecule has 3 N–H and O–H groups in total. The highest BCUT2D eigenvalue weighted by molar-refractivity contribution is 5.41. The molecule has 0 saturated heterocycles. The first kappa shape index (κ1) is 13.2. The Hall–Kier alpha value is -1.22. The highest BCUT2D eigenvalue weighted by atomic mass is 16.5. The quantitative estimate of drug-likeness (QED) is 0.863. The van der Waals surface area contributed by atoms with E-state index in [1.807, 2.05) is 26.8 Å². The second kappa shape index (κ2) is 4.81. The number of aromatic hydroxyl groups is 1. The minimum absolute atomic E-state index is 0.0812. The van der Waals surface area contributed by atoms with E-state index in [-0.39, 0.29) is 17.4 Å². The van der Waals surface area contributed by atoms with Crippen molar-refractivity contribution < 1.29 is 9.84 Å². The molecule has 1 aliphatic rings. The van der Waals surface area contributed by atoms with Gasteiger partial charge in [0.1, 0.15) is 17.1 Å². The zero-order chi connectivity index (χ0) is 13.3. The van der Waals surface area contributed by atoms with Gasteiger partial charge in [0.15, 0.2) is 0 Å². The number of hydrogen-bond donors (Lipinski definition) is 2. The zero-order valence-corrected chi connectivity index (χ0v) is 11.4. The first-order valence-corrected chi connectivity index (χ1v) is 6.64. The summed E-state index contributed by atoms with van der Waals surface area (Å²) in [5.74, 6) is 1.54. The van der Waals surface area contributed by atoms with Crippen molar-refractivity contribution in [2.75, 3.05) is 0 Å². The highest BCUT2D eigenvalue weighted by Crippen LogP contribution is 2.40. The number of hydrogen-bond acceptors (Lipinski definition) is 3. The summed E-state index contributed by atoms with van der Waals surface area (Å²) in [6.45, 7) is 6.02. The molecule has 0 amide bonds. The molecule has 3 nitrogen and oxygen atoms in total. The van der Waals surface area contributed by atoms with E-state index < -0.39 is 0 Å². The van der Waals surface area contributed by atoms with Gasteiger partial charge < -0.3 is 15.6 Å². The van der Waals surface area contributed by atoms with Gasteiger partial charge in [-0.25, -0.2) is 0 Å². The third-order valence-corrected chi connectivity index (χ3v) is 3.44. The minimum atomic E-state index is -0.241. The average molecular weight is 249 g/mol. The van der Waals surface area contributed by atoms with Crippen molar-refractivity contribution >= 4 is 0 Å². The summed E-state index contributed by atoms with van der Waals surface area (Å²) in [6.07, 6.45) is 3.56. The van der Waals surface area contributed by atoms with E-state index in [0.717, 1.165) is 24.2 Å². The van der Waals surface area contributed by atoms with Gasteiger partial charge in [-0.1, -0.05) is 6.42 Å². The highest BCUT2D eigenvalue weighted by Gasteiger charge is 2.27. The molecule has 1 aromatic rings. The molecule has 1 aliphatic carbocycles. The lowest BCUT2D eigenvalue weighted by molar-refractivity contribution is 0.130. The summed E-state index contributed by atoms with van der Waals surface area (Å²) in [4.78, 5) is 0. The third-order valence-electron chi connectivity index (χ3n) is 3.44. The number of phenolic OH excluding ortho intramolecular Hbond substituents is 1. The van der Waals surface area contributed by atoms with Crippen molar-refractivity contribution in [3.8, 4) is 11.5 Å². The van der Waals surface area contributed by atoms with E-state index in [1.165, 1.54) is 6.42 Å². The molecule has 0 heterocycles. The second-order valence-corrected chi connectivity index (χ2v) is 6.15. The van der Waals surface area contributed by atoms with Crippen LogP contribution in [0.2, 0.25) is 0 Å². The van der Waals surface area contributed by atoms with E-state index >= 15 is 0 Å². The Bertz CT molecular complexity index is 419. The van der Waals surface area contributed by atoms with Gasteiger partial charge in [-0.3, -0.25) is 0 Å². The van der Waals surface area contributed by atoms with Crippen LogP contribution in [0.5, 0.6) is 11.5 Å². The van der Waals surface area contributed by atoms with Crippen molar-refractivity contribution in [3.05, 3.63) is 23.8 Å². The van der Waals surface area contributed by atoms with E-state index in [4.69, 9.17) is 10.5 Å². The molecule has 0 unspecified atom stereocenters. The molecule has 100 valence electrons. The number of rotatable bonds is 3. The van der Waals surface area contributed by atoms with Crippen LogP contribution in [-0.4, -0.2) is 10.7 Å². The van der Waals surface area contributed by atoms with Crippen molar-refractivity contribution in [3.63, 3.8) is 0 Å². The Morgan fingerprint density at radius 2 is 2.00 bits per heavy atom. The zero-order valence-electron chi connectivity index (χ0n) is 11.4. The Morgan fingerprint density at radius 3 is 2.50 bits per heavy atom. The van der Waals surface area contributed by atoms with Crippen LogP contribution in [0.25, 0.3) is 0 Å². The summed E-state index contributed by atoms with van der Waals surface area (Å²) in [5.41, 5.74) is 6.78. The maximum atomic E-state index is 9.94. The monoisotopic (exact) mass is 249 g/mol. The number of phenols is 1. The number of nitrogens with two attached hydrogens (primary N) is 1. The lowest BCUT2D eigenvalue weighted by Gasteiger charge is -2.32. The first-order valence-electron chi connectivity index (χ1n) is 6.64. The maximum Gasteiger partial charge on any atom is 0.120 e. The van der Waals surface area contributed by atoms with E-state index in [1.54, 1.807) is 12.1 Å². The molecule has 3 heteroatoms. The Kier molecular flexibility index (Phi) is 3.53. The lowest BCUT2D eigenvalue weighted by Crippen LogP contribution is -2.27. The van der Waals surface area contributed by atoms with Gasteiger partial charge in [-0.15, -0.1) is 0 Å². The summed E-state index contributed by atoms with van der Waals surface area (Å²) in [5, 5.41) is 9.94. The van der Waals surface area contributed by atoms with Gasteiger partial charge in [-0.2, -0.15) is 0 Å². The molecule has 2 rings (SSSR count). The van der Waals surface area contributed by atoms with E-state index in [9.17, 15) is 5.11 Å². The van der Waals surface area contributed by atoms with Crippen molar-refractivity contribution in [1.82, 2.24) is 0 Å². The molecule has 18 heavy (non-hydrogen) atoms. The molecule has 1 saturated carbocycles. The molecule has 1 aromatic carbocycles. The lowest BCUT2D eigenvalue weighted by atomic mass is 9.77. The number of benzene rings is 1. The van der Waals surface area contributed by atoms with Gasteiger partial charge in [0, 0.05) is 11.6 Å². The van der Waals surface area contributed by atoms with Gasteiger partial charge >= 0.3 is 0 Å². The van der Waals surface area contributed by atoms with Gasteiger partial charge in [0.2, 0.25) is 0 Å². The van der Waals surface area contributed by atoms with E-state index in [2.05, 4.69) is 0 Å². The minimum Gasteiger partial charge on any atom is -0.508 e. The SMILES string of the molecule is CC(C)(C)Oc1ccc(O)c([C@H](N)C2CCC2)c1. The van der Waals surface area contributed by atoms with Crippen LogP contribution in [0.1, 0.15) is 51.6 Å². The average Bonchev–Trinajstić information content (AvgIpc) is 2.16. The largest absolute Gasteiger partial charge is 0.508 e. The summed E-state index contributed by atoms with van der Waals surface area (Å²) in [6, 6.07) is 5.26. The standard InChI is InChI=1S/C15H23NO2/c1-15(2,3)18-11-7-8-13(17)12(9-11)14(16)10-5-4-6-10/h7-10,14,17H,4-6,16H2,1-3H3/t14-/m1/s1. The van der Waals surface area contributed by atoms with Crippen LogP contribution in [0.15, 0.2) is 18.2 Å².